The Morgan fingerprint density at radius 1 is 1.25 bits per heavy atom. The second-order valence-corrected chi connectivity index (χ2v) is 4.60. The van der Waals surface area contributed by atoms with Crippen LogP contribution in [0.5, 0.6) is 0 Å². The number of amides is 1. The molecule has 4 nitrogen and oxygen atoms in total. The molecule has 1 aliphatic heterocycles. The smallest absolute Gasteiger partial charge is 0.243 e. The molecule has 2 fully saturated rings. The second kappa shape index (κ2) is 3.49. The summed E-state index contributed by atoms with van der Waals surface area (Å²) in [6.45, 7) is 0. The number of benzene rings is 1. The van der Waals surface area contributed by atoms with Gasteiger partial charge in [-0.25, -0.2) is 10.4 Å². The largest absolute Gasteiger partial charge is 0.399 e. The maximum absolute atomic E-state index is 11.8. The van der Waals surface area contributed by atoms with E-state index in [2.05, 4.69) is 5.43 Å². The number of carbonyl (C=O) groups excluding carboxylic acids is 1. The second-order valence-electron chi connectivity index (χ2n) is 4.60. The van der Waals surface area contributed by atoms with Crippen molar-refractivity contribution < 1.29 is 4.79 Å². The van der Waals surface area contributed by atoms with Gasteiger partial charge in [0, 0.05) is 18.2 Å². The number of nitrogens with two attached hydrogens (primary N) is 1. The number of hydrogen-bond acceptors (Lipinski definition) is 3. The third-order valence-electron chi connectivity index (χ3n) is 3.28. The molecule has 3 rings (SSSR count). The molecule has 0 spiro atoms. The molecule has 1 atom stereocenters. The van der Waals surface area contributed by atoms with Crippen LogP contribution in [0.15, 0.2) is 24.3 Å². The molecule has 1 aliphatic carbocycles. The first-order valence-electron chi connectivity index (χ1n) is 5.69. The van der Waals surface area contributed by atoms with Gasteiger partial charge in [0.15, 0.2) is 0 Å². The van der Waals surface area contributed by atoms with Crippen molar-refractivity contribution in [3.63, 3.8) is 0 Å². The Bertz CT molecular complexity index is 411. The van der Waals surface area contributed by atoms with Crippen LogP contribution < -0.4 is 16.2 Å². The predicted molar refractivity (Wildman–Crippen MR) is 62.6 cm³/mol. The van der Waals surface area contributed by atoms with Gasteiger partial charge in [-0.3, -0.25) is 4.79 Å². The summed E-state index contributed by atoms with van der Waals surface area (Å²) in [6.07, 6.45) is 3.12. The van der Waals surface area contributed by atoms with Crippen molar-refractivity contribution in [1.82, 2.24) is 5.43 Å². The van der Waals surface area contributed by atoms with Crippen molar-refractivity contribution in [3.05, 3.63) is 24.3 Å². The normalized spacial score (nSPS) is 25.1. The molecule has 1 aromatic carbocycles. The van der Waals surface area contributed by atoms with E-state index in [9.17, 15) is 4.79 Å². The zero-order valence-electron chi connectivity index (χ0n) is 9.02. The van der Waals surface area contributed by atoms with Crippen molar-refractivity contribution in [2.45, 2.75) is 25.3 Å². The fourth-order valence-electron chi connectivity index (χ4n) is 2.18. The van der Waals surface area contributed by atoms with Crippen LogP contribution >= 0.6 is 0 Å². The van der Waals surface area contributed by atoms with Crippen molar-refractivity contribution >= 4 is 17.3 Å². The van der Waals surface area contributed by atoms with Crippen molar-refractivity contribution in [2.24, 2.45) is 5.92 Å². The third kappa shape index (κ3) is 1.65. The molecule has 0 bridgehead atoms. The van der Waals surface area contributed by atoms with Gasteiger partial charge < -0.3 is 5.73 Å². The molecule has 1 saturated heterocycles. The minimum Gasteiger partial charge on any atom is -0.399 e. The van der Waals surface area contributed by atoms with E-state index in [-0.39, 0.29) is 5.91 Å². The first-order valence-corrected chi connectivity index (χ1v) is 5.69. The molecule has 2 aliphatic rings. The van der Waals surface area contributed by atoms with E-state index < -0.39 is 0 Å². The monoisotopic (exact) mass is 217 g/mol. The Morgan fingerprint density at radius 3 is 2.56 bits per heavy atom. The zero-order chi connectivity index (χ0) is 11.1. The number of nitrogens with one attached hydrogen (secondary N) is 1. The lowest BCUT2D eigenvalue weighted by atomic mass is 10.1. The van der Waals surface area contributed by atoms with Gasteiger partial charge in [-0.2, -0.15) is 0 Å². The van der Waals surface area contributed by atoms with Crippen molar-refractivity contribution in [2.75, 3.05) is 10.7 Å². The number of hydrogen-bond donors (Lipinski definition) is 2. The zero-order valence-corrected chi connectivity index (χ0v) is 9.02. The van der Waals surface area contributed by atoms with Gasteiger partial charge in [0.25, 0.3) is 0 Å². The topological polar surface area (TPSA) is 58.4 Å². The minimum absolute atomic E-state index is 0.154. The van der Waals surface area contributed by atoms with Gasteiger partial charge in [-0.05, 0) is 43.0 Å². The summed E-state index contributed by atoms with van der Waals surface area (Å²) in [4.78, 5) is 11.8. The van der Waals surface area contributed by atoms with Gasteiger partial charge in [0.1, 0.15) is 0 Å². The van der Waals surface area contributed by atoms with Crippen LogP contribution in [0.1, 0.15) is 19.3 Å². The van der Waals surface area contributed by atoms with Gasteiger partial charge in [0.2, 0.25) is 5.91 Å². The van der Waals surface area contributed by atoms with E-state index in [1.165, 1.54) is 12.8 Å². The van der Waals surface area contributed by atoms with E-state index >= 15 is 0 Å². The molecular weight excluding hydrogens is 202 g/mol. The Morgan fingerprint density at radius 2 is 1.94 bits per heavy atom. The van der Waals surface area contributed by atoms with Gasteiger partial charge in [-0.1, -0.05) is 0 Å². The number of rotatable bonds is 2. The van der Waals surface area contributed by atoms with Crippen LogP contribution in [0, 0.1) is 5.92 Å². The van der Waals surface area contributed by atoms with Crippen molar-refractivity contribution in [3.8, 4) is 0 Å². The summed E-state index contributed by atoms with van der Waals surface area (Å²) in [6, 6.07) is 7.71. The Balaban J connectivity index is 1.79. The van der Waals surface area contributed by atoms with Crippen LogP contribution in [-0.2, 0) is 4.79 Å². The molecular formula is C12H15N3O. The summed E-state index contributed by atoms with van der Waals surface area (Å²) >= 11 is 0. The third-order valence-corrected chi connectivity index (χ3v) is 3.28. The summed E-state index contributed by atoms with van der Waals surface area (Å²) < 4.78 is 0. The molecule has 1 aromatic rings. The first-order chi connectivity index (χ1) is 7.74. The number of anilines is 2. The molecule has 3 N–H and O–H groups in total. The van der Waals surface area contributed by atoms with Gasteiger partial charge in [0.05, 0.1) is 5.69 Å². The first kappa shape index (κ1) is 9.66. The highest BCUT2D eigenvalue weighted by Gasteiger charge is 2.39. The molecule has 0 aromatic heterocycles. The van der Waals surface area contributed by atoms with E-state index in [1.54, 1.807) is 5.01 Å². The van der Waals surface area contributed by atoms with E-state index in [0.29, 0.717) is 24.1 Å². The molecule has 1 saturated carbocycles. The van der Waals surface area contributed by atoms with Crippen LogP contribution in [0.3, 0.4) is 0 Å². The van der Waals surface area contributed by atoms with Gasteiger partial charge in [-0.15, -0.1) is 0 Å². The minimum atomic E-state index is 0.154. The lowest BCUT2D eigenvalue weighted by Gasteiger charge is -2.17. The molecule has 1 amide bonds. The fourth-order valence-corrected chi connectivity index (χ4v) is 2.18. The Hall–Kier alpha value is -1.55. The summed E-state index contributed by atoms with van der Waals surface area (Å²) in [5.74, 6) is 0.851. The summed E-state index contributed by atoms with van der Waals surface area (Å²) in [5.41, 5.74) is 10.5. The molecule has 1 heterocycles. The predicted octanol–water partition coefficient (Wildman–Crippen LogP) is 1.29. The average molecular weight is 217 g/mol. The van der Waals surface area contributed by atoms with Crippen LogP contribution in [-0.4, -0.2) is 11.9 Å². The molecule has 16 heavy (non-hydrogen) atoms. The number of nitrogen functional groups attached to an aromatic ring is 1. The van der Waals surface area contributed by atoms with Crippen LogP contribution in [0.25, 0.3) is 0 Å². The summed E-state index contributed by atoms with van der Waals surface area (Å²) in [5, 5.41) is 1.66. The molecule has 0 radical (unpaired) electrons. The van der Waals surface area contributed by atoms with Crippen molar-refractivity contribution in [1.29, 1.82) is 0 Å². The Labute approximate surface area is 94.4 Å². The maximum Gasteiger partial charge on any atom is 0.243 e. The highest BCUT2D eigenvalue weighted by atomic mass is 16.2. The van der Waals surface area contributed by atoms with Gasteiger partial charge >= 0.3 is 0 Å². The standard InChI is InChI=1S/C12H15N3O/c13-9-3-5-10(6-4-9)15-12(16)7-11(14-15)8-1-2-8/h3-6,8,11,14H,1-2,7,13H2. The average Bonchev–Trinajstić information content (AvgIpc) is 3.04. The highest BCUT2D eigenvalue weighted by Crippen LogP contribution is 2.37. The maximum atomic E-state index is 11.8. The van der Waals surface area contributed by atoms with Crippen LogP contribution in [0.4, 0.5) is 11.4 Å². The van der Waals surface area contributed by atoms with E-state index in [1.807, 2.05) is 24.3 Å². The lowest BCUT2D eigenvalue weighted by molar-refractivity contribution is -0.117. The lowest BCUT2D eigenvalue weighted by Crippen LogP contribution is -2.38. The quantitative estimate of drug-likeness (QED) is 0.734. The Kier molecular flexibility index (Phi) is 2.11. The fraction of sp³-hybridized carbons (Fsp3) is 0.417. The van der Waals surface area contributed by atoms with E-state index in [4.69, 9.17) is 5.73 Å². The molecule has 4 heteroatoms. The molecule has 1 unspecified atom stereocenters. The highest BCUT2D eigenvalue weighted by molar-refractivity contribution is 5.95. The number of carbonyl (C=O) groups is 1. The molecule has 84 valence electrons. The number of hydrazine groups is 1. The number of nitrogens with zero attached hydrogens (tertiary/aromatic N) is 1. The van der Waals surface area contributed by atoms with Crippen LogP contribution in [0.2, 0.25) is 0 Å². The van der Waals surface area contributed by atoms with E-state index in [0.717, 1.165) is 5.69 Å². The SMILES string of the molecule is Nc1ccc(N2NC(C3CC3)CC2=O)cc1. The summed E-state index contributed by atoms with van der Waals surface area (Å²) in [7, 11) is 0.